The molecule has 0 fully saturated rings. The van der Waals surface area contributed by atoms with Gasteiger partial charge in [-0.15, -0.1) is 0 Å². The van der Waals surface area contributed by atoms with Gasteiger partial charge in [0.15, 0.2) is 0 Å². The quantitative estimate of drug-likeness (QED) is 0.598. The standard InChI is InChI=1S/C11H15N3O3/c1-8(15)6-13-10(16)11(17)14-7-9-4-2-3-5-12-9/h2-5,8,15H,6-7H2,1H3,(H,13,16)(H,14,17). The highest BCUT2D eigenvalue weighted by atomic mass is 16.3. The molecule has 0 aromatic carbocycles. The van der Waals surface area contributed by atoms with Gasteiger partial charge in [0.25, 0.3) is 0 Å². The molecule has 3 N–H and O–H groups in total. The molecule has 6 heteroatoms. The highest BCUT2D eigenvalue weighted by molar-refractivity contribution is 6.35. The first-order valence-electron chi connectivity index (χ1n) is 5.23. The van der Waals surface area contributed by atoms with Crippen LogP contribution < -0.4 is 10.6 Å². The lowest BCUT2D eigenvalue weighted by molar-refractivity contribution is -0.139. The summed E-state index contributed by atoms with van der Waals surface area (Å²) in [6, 6.07) is 5.30. The Labute approximate surface area is 99.1 Å². The molecule has 1 aromatic rings. The second-order valence-corrected chi connectivity index (χ2v) is 3.56. The van der Waals surface area contributed by atoms with Crippen molar-refractivity contribution in [2.24, 2.45) is 0 Å². The summed E-state index contributed by atoms with van der Waals surface area (Å²) < 4.78 is 0. The first kappa shape index (κ1) is 13.1. The summed E-state index contributed by atoms with van der Waals surface area (Å²) in [5, 5.41) is 13.7. The van der Waals surface area contributed by atoms with Gasteiger partial charge in [0.05, 0.1) is 18.3 Å². The molecular weight excluding hydrogens is 222 g/mol. The topological polar surface area (TPSA) is 91.3 Å². The van der Waals surface area contributed by atoms with E-state index in [0.717, 1.165) is 0 Å². The van der Waals surface area contributed by atoms with E-state index in [1.165, 1.54) is 6.92 Å². The molecule has 92 valence electrons. The van der Waals surface area contributed by atoms with Crippen molar-refractivity contribution in [3.8, 4) is 0 Å². The Balaban J connectivity index is 2.32. The molecule has 17 heavy (non-hydrogen) atoms. The van der Waals surface area contributed by atoms with Gasteiger partial charge in [0.1, 0.15) is 0 Å². The number of pyridine rings is 1. The third-order valence-corrected chi connectivity index (χ3v) is 1.92. The molecule has 1 heterocycles. The van der Waals surface area contributed by atoms with Crippen molar-refractivity contribution in [2.75, 3.05) is 6.54 Å². The van der Waals surface area contributed by atoms with E-state index in [2.05, 4.69) is 15.6 Å². The summed E-state index contributed by atoms with van der Waals surface area (Å²) in [5.74, 6) is -1.50. The largest absolute Gasteiger partial charge is 0.392 e. The number of aromatic nitrogens is 1. The van der Waals surface area contributed by atoms with Crippen LogP contribution in [0.4, 0.5) is 0 Å². The molecule has 0 saturated carbocycles. The normalized spacial score (nSPS) is 11.6. The van der Waals surface area contributed by atoms with Gasteiger partial charge >= 0.3 is 11.8 Å². The van der Waals surface area contributed by atoms with E-state index >= 15 is 0 Å². The van der Waals surface area contributed by atoms with E-state index in [9.17, 15) is 9.59 Å². The number of carbonyl (C=O) groups excluding carboxylic acids is 2. The second-order valence-electron chi connectivity index (χ2n) is 3.56. The molecule has 0 aliphatic carbocycles. The van der Waals surface area contributed by atoms with Crippen LogP contribution in [0.25, 0.3) is 0 Å². The summed E-state index contributed by atoms with van der Waals surface area (Å²) in [6.07, 6.45) is 0.928. The van der Waals surface area contributed by atoms with Crippen molar-refractivity contribution in [3.05, 3.63) is 30.1 Å². The van der Waals surface area contributed by atoms with Gasteiger partial charge in [-0.05, 0) is 19.1 Å². The minimum absolute atomic E-state index is 0.0514. The third-order valence-electron chi connectivity index (χ3n) is 1.92. The Bertz CT molecular complexity index is 379. The summed E-state index contributed by atoms with van der Waals surface area (Å²) >= 11 is 0. The molecule has 6 nitrogen and oxygen atoms in total. The van der Waals surface area contributed by atoms with Crippen molar-refractivity contribution in [1.82, 2.24) is 15.6 Å². The van der Waals surface area contributed by atoms with Gasteiger partial charge < -0.3 is 15.7 Å². The summed E-state index contributed by atoms with van der Waals surface area (Å²) in [5.41, 5.74) is 0.671. The molecule has 0 radical (unpaired) electrons. The van der Waals surface area contributed by atoms with Crippen LogP contribution in [0.3, 0.4) is 0 Å². The van der Waals surface area contributed by atoms with E-state index in [1.54, 1.807) is 24.4 Å². The molecule has 1 aromatic heterocycles. The van der Waals surface area contributed by atoms with Crippen molar-refractivity contribution in [2.45, 2.75) is 19.6 Å². The Morgan fingerprint density at radius 1 is 1.35 bits per heavy atom. The van der Waals surface area contributed by atoms with Crippen molar-refractivity contribution >= 4 is 11.8 Å². The summed E-state index contributed by atoms with van der Waals surface area (Å²) in [7, 11) is 0. The number of nitrogens with zero attached hydrogens (tertiary/aromatic N) is 1. The molecule has 0 spiro atoms. The van der Waals surface area contributed by atoms with E-state index in [4.69, 9.17) is 5.11 Å². The Morgan fingerprint density at radius 2 is 2.06 bits per heavy atom. The lowest BCUT2D eigenvalue weighted by Crippen LogP contribution is -2.42. The number of carbonyl (C=O) groups is 2. The van der Waals surface area contributed by atoms with Crippen LogP contribution in [0.2, 0.25) is 0 Å². The van der Waals surface area contributed by atoms with Gasteiger partial charge in [-0.3, -0.25) is 14.6 Å². The van der Waals surface area contributed by atoms with Gasteiger partial charge in [-0.2, -0.15) is 0 Å². The Kier molecular flexibility index (Phi) is 5.09. The zero-order chi connectivity index (χ0) is 12.7. The number of nitrogens with one attached hydrogen (secondary N) is 2. The van der Waals surface area contributed by atoms with Crippen LogP contribution in [-0.4, -0.2) is 34.6 Å². The fraction of sp³-hybridized carbons (Fsp3) is 0.364. The number of rotatable bonds is 4. The highest BCUT2D eigenvalue weighted by Gasteiger charge is 2.13. The fourth-order valence-electron chi connectivity index (χ4n) is 1.07. The summed E-state index contributed by atoms with van der Waals surface area (Å²) in [4.78, 5) is 26.5. The first-order chi connectivity index (χ1) is 8.09. The monoisotopic (exact) mass is 237 g/mol. The summed E-state index contributed by atoms with van der Waals surface area (Å²) in [6.45, 7) is 1.77. The van der Waals surface area contributed by atoms with Gasteiger partial charge in [-0.1, -0.05) is 6.07 Å². The number of hydrogen-bond donors (Lipinski definition) is 3. The number of aliphatic hydroxyl groups excluding tert-OH is 1. The molecule has 2 amide bonds. The average Bonchev–Trinajstić information content (AvgIpc) is 2.34. The number of amides is 2. The number of hydrogen-bond acceptors (Lipinski definition) is 4. The van der Waals surface area contributed by atoms with Crippen molar-refractivity contribution in [1.29, 1.82) is 0 Å². The third kappa shape index (κ3) is 5.07. The molecule has 1 rings (SSSR count). The van der Waals surface area contributed by atoms with Crippen LogP contribution in [0.15, 0.2) is 24.4 Å². The second kappa shape index (κ2) is 6.59. The van der Waals surface area contributed by atoms with E-state index in [0.29, 0.717) is 5.69 Å². The van der Waals surface area contributed by atoms with Gasteiger partial charge in [-0.25, -0.2) is 0 Å². The molecule has 1 atom stereocenters. The number of aliphatic hydroxyl groups is 1. The van der Waals surface area contributed by atoms with E-state index in [1.807, 2.05) is 0 Å². The minimum atomic E-state index is -0.762. The zero-order valence-corrected chi connectivity index (χ0v) is 9.51. The van der Waals surface area contributed by atoms with Crippen LogP contribution in [-0.2, 0) is 16.1 Å². The van der Waals surface area contributed by atoms with Crippen LogP contribution in [0, 0.1) is 0 Å². The SMILES string of the molecule is CC(O)CNC(=O)C(=O)NCc1ccccn1. The van der Waals surface area contributed by atoms with Crippen LogP contribution >= 0.6 is 0 Å². The van der Waals surface area contributed by atoms with Crippen LogP contribution in [0.5, 0.6) is 0 Å². The van der Waals surface area contributed by atoms with Gasteiger partial charge in [0, 0.05) is 12.7 Å². The molecule has 0 bridgehead atoms. The smallest absolute Gasteiger partial charge is 0.309 e. The van der Waals surface area contributed by atoms with E-state index in [-0.39, 0.29) is 13.1 Å². The average molecular weight is 237 g/mol. The lowest BCUT2D eigenvalue weighted by Gasteiger charge is -2.07. The predicted molar refractivity (Wildman–Crippen MR) is 60.8 cm³/mol. The lowest BCUT2D eigenvalue weighted by atomic mass is 10.3. The Morgan fingerprint density at radius 3 is 2.65 bits per heavy atom. The maximum absolute atomic E-state index is 11.3. The first-order valence-corrected chi connectivity index (χ1v) is 5.23. The molecule has 0 saturated heterocycles. The zero-order valence-electron chi connectivity index (χ0n) is 9.51. The van der Waals surface area contributed by atoms with Crippen molar-refractivity contribution < 1.29 is 14.7 Å². The molecule has 1 unspecified atom stereocenters. The van der Waals surface area contributed by atoms with E-state index < -0.39 is 17.9 Å². The molecule has 0 aliphatic heterocycles. The van der Waals surface area contributed by atoms with Crippen molar-refractivity contribution in [3.63, 3.8) is 0 Å². The Hall–Kier alpha value is -1.95. The van der Waals surface area contributed by atoms with Crippen LogP contribution in [0.1, 0.15) is 12.6 Å². The molecule has 0 aliphatic rings. The predicted octanol–water partition coefficient (Wildman–Crippen LogP) is -0.805. The minimum Gasteiger partial charge on any atom is -0.392 e. The molecular formula is C11H15N3O3. The highest BCUT2D eigenvalue weighted by Crippen LogP contribution is 1.91. The fourth-order valence-corrected chi connectivity index (χ4v) is 1.07. The maximum Gasteiger partial charge on any atom is 0.309 e. The maximum atomic E-state index is 11.3. The van der Waals surface area contributed by atoms with Gasteiger partial charge in [0.2, 0.25) is 0 Å².